The molecule has 112 valence electrons. The zero-order chi connectivity index (χ0) is 15.2. The molecule has 0 aliphatic rings. The third-order valence-corrected chi connectivity index (χ3v) is 3.22. The molecular formula is C17H22FN3. The summed E-state index contributed by atoms with van der Waals surface area (Å²) in [5.41, 5.74) is 1.51. The predicted molar refractivity (Wildman–Crippen MR) is 85.3 cm³/mol. The Balaban J connectivity index is 2.26. The van der Waals surface area contributed by atoms with Crippen LogP contribution in [0.4, 0.5) is 15.9 Å². The molecule has 2 rings (SSSR count). The molecule has 0 saturated heterocycles. The van der Waals surface area contributed by atoms with E-state index < -0.39 is 0 Å². The molecule has 1 aromatic heterocycles. The molecule has 2 aromatic rings. The first-order chi connectivity index (χ1) is 10.1. The van der Waals surface area contributed by atoms with E-state index in [0.717, 1.165) is 11.5 Å². The van der Waals surface area contributed by atoms with Crippen LogP contribution in [0, 0.1) is 5.82 Å². The number of pyridine rings is 1. The van der Waals surface area contributed by atoms with Crippen LogP contribution in [-0.2, 0) is 6.54 Å². The van der Waals surface area contributed by atoms with Crippen molar-refractivity contribution in [2.24, 2.45) is 0 Å². The second-order valence-corrected chi connectivity index (χ2v) is 5.22. The number of benzene rings is 1. The Morgan fingerprint density at radius 3 is 2.57 bits per heavy atom. The van der Waals surface area contributed by atoms with Crippen LogP contribution in [0.2, 0.25) is 0 Å². The van der Waals surface area contributed by atoms with Crippen LogP contribution in [-0.4, -0.2) is 17.6 Å². The molecule has 21 heavy (non-hydrogen) atoms. The summed E-state index contributed by atoms with van der Waals surface area (Å²) in [7, 11) is 0. The first-order valence-corrected chi connectivity index (χ1v) is 7.33. The highest BCUT2D eigenvalue weighted by Crippen LogP contribution is 2.25. The number of halogens is 1. The van der Waals surface area contributed by atoms with E-state index in [1.54, 1.807) is 12.1 Å². The lowest BCUT2D eigenvalue weighted by atomic mass is 10.2. The van der Waals surface area contributed by atoms with Gasteiger partial charge in [-0.15, -0.1) is 0 Å². The van der Waals surface area contributed by atoms with Gasteiger partial charge in [-0.25, -0.2) is 9.37 Å². The molecule has 0 aliphatic carbocycles. The van der Waals surface area contributed by atoms with Crippen LogP contribution < -0.4 is 10.2 Å². The number of rotatable bonds is 6. The SMILES string of the molecule is CCN(c1cccc(CNC(C)C)n1)c1ccccc1F. The molecule has 0 saturated carbocycles. The van der Waals surface area contributed by atoms with Crippen molar-refractivity contribution in [2.75, 3.05) is 11.4 Å². The fourth-order valence-electron chi connectivity index (χ4n) is 2.15. The maximum Gasteiger partial charge on any atom is 0.146 e. The molecule has 0 unspecified atom stereocenters. The van der Waals surface area contributed by atoms with Crippen LogP contribution in [0.1, 0.15) is 26.5 Å². The Bertz CT molecular complexity index is 584. The lowest BCUT2D eigenvalue weighted by molar-refractivity contribution is 0.581. The van der Waals surface area contributed by atoms with Gasteiger partial charge in [0, 0.05) is 19.1 Å². The monoisotopic (exact) mass is 287 g/mol. The number of nitrogens with zero attached hydrogens (tertiary/aromatic N) is 2. The molecule has 0 bridgehead atoms. The summed E-state index contributed by atoms with van der Waals surface area (Å²) in [6, 6.07) is 13.0. The Morgan fingerprint density at radius 1 is 1.14 bits per heavy atom. The highest BCUT2D eigenvalue weighted by molar-refractivity contribution is 5.60. The summed E-state index contributed by atoms with van der Waals surface area (Å²) in [5.74, 6) is 0.539. The van der Waals surface area contributed by atoms with Crippen LogP contribution >= 0.6 is 0 Å². The molecule has 1 N–H and O–H groups in total. The van der Waals surface area contributed by atoms with Gasteiger partial charge >= 0.3 is 0 Å². The number of anilines is 2. The molecule has 0 amide bonds. The maximum atomic E-state index is 14.0. The van der Waals surface area contributed by atoms with E-state index in [9.17, 15) is 4.39 Å². The van der Waals surface area contributed by atoms with Crippen molar-refractivity contribution in [3.8, 4) is 0 Å². The fraction of sp³-hybridized carbons (Fsp3) is 0.353. The Kier molecular flexibility index (Phi) is 5.28. The van der Waals surface area contributed by atoms with E-state index >= 15 is 0 Å². The van der Waals surface area contributed by atoms with E-state index in [1.807, 2.05) is 36.1 Å². The van der Waals surface area contributed by atoms with Gasteiger partial charge in [0.2, 0.25) is 0 Å². The van der Waals surface area contributed by atoms with Crippen molar-refractivity contribution >= 4 is 11.5 Å². The largest absolute Gasteiger partial charge is 0.324 e. The standard InChI is InChI=1S/C17H22FN3/c1-4-21(16-10-6-5-9-15(16)18)17-11-7-8-14(20-17)12-19-13(2)3/h5-11,13,19H,4,12H2,1-3H3. The van der Waals surface area contributed by atoms with Crippen LogP contribution in [0.25, 0.3) is 0 Å². The van der Waals surface area contributed by atoms with Crippen LogP contribution in [0.5, 0.6) is 0 Å². The molecule has 0 radical (unpaired) electrons. The topological polar surface area (TPSA) is 28.2 Å². The van der Waals surface area contributed by atoms with Gasteiger partial charge in [0.25, 0.3) is 0 Å². The van der Waals surface area contributed by atoms with Crippen molar-refractivity contribution < 1.29 is 4.39 Å². The molecule has 1 heterocycles. The first-order valence-electron chi connectivity index (χ1n) is 7.33. The van der Waals surface area contributed by atoms with Gasteiger partial charge in [0.15, 0.2) is 0 Å². The average Bonchev–Trinajstić information content (AvgIpc) is 2.48. The summed E-state index contributed by atoms with van der Waals surface area (Å²) < 4.78 is 14.0. The molecule has 1 aromatic carbocycles. The summed E-state index contributed by atoms with van der Waals surface area (Å²) in [5, 5.41) is 3.34. The Labute approximate surface area is 125 Å². The first kappa shape index (κ1) is 15.4. The minimum absolute atomic E-state index is 0.230. The summed E-state index contributed by atoms with van der Waals surface area (Å²) >= 11 is 0. The second kappa shape index (κ2) is 7.18. The van der Waals surface area contributed by atoms with E-state index in [-0.39, 0.29) is 5.82 Å². The number of para-hydroxylation sites is 1. The smallest absolute Gasteiger partial charge is 0.146 e. The molecule has 4 heteroatoms. The summed E-state index contributed by atoms with van der Waals surface area (Å²) in [6.07, 6.45) is 0. The number of aromatic nitrogens is 1. The highest BCUT2D eigenvalue weighted by atomic mass is 19.1. The highest BCUT2D eigenvalue weighted by Gasteiger charge is 2.13. The van der Waals surface area contributed by atoms with E-state index in [4.69, 9.17) is 0 Å². The third-order valence-electron chi connectivity index (χ3n) is 3.22. The number of hydrogen-bond acceptors (Lipinski definition) is 3. The summed E-state index contributed by atoms with van der Waals surface area (Å²) in [6.45, 7) is 7.56. The third kappa shape index (κ3) is 4.02. The van der Waals surface area contributed by atoms with Crippen molar-refractivity contribution in [3.63, 3.8) is 0 Å². The molecule has 0 atom stereocenters. The normalized spacial score (nSPS) is 10.9. The fourth-order valence-corrected chi connectivity index (χ4v) is 2.15. The Hall–Kier alpha value is -1.94. The van der Waals surface area contributed by atoms with Crippen molar-refractivity contribution in [1.29, 1.82) is 0 Å². The van der Waals surface area contributed by atoms with E-state index in [1.165, 1.54) is 6.07 Å². The number of nitrogens with one attached hydrogen (secondary N) is 1. The second-order valence-electron chi connectivity index (χ2n) is 5.22. The van der Waals surface area contributed by atoms with Crippen LogP contribution in [0.3, 0.4) is 0 Å². The predicted octanol–water partition coefficient (Wildman–Crippen LogP) is 3.88. The van der Waals surface area contributed by atoms with Crippen LogP contribution in [0.15, 0.2) is 42.5 Å². The van der Waals surface area contributed by atoms with Gasteiger partial charge in [-0.1, -0.05) is 32.0 Å². The van der Waals surface area contributed by atoms with Crippen molar-refractivity contribution in [2.45, 2.75) is 33.4 Å². The van der Waals surface area contributed by atoms with E-state index in [2.05, 4.69) is 24.1 Å². The van der Waals surface area contributed by atoms with Crippen molar-refractivity contribution in [3.05, 3.63) is 54.0 Å². The minimum Gasteiger partial charge on any atom is -0.324 e. The zero-order valence-corrected chi connectivity index (χ0v) is 12.8. The lowest BCUT2D eigenvalue weighted by Gasteiger charge is -2.23. The van der Waals surface area contributed by atoms with Gasteiger partial charge < -0.3 is 10.2 Å². The minimum atomic E-state index is -0.230. The molecule has 0 fully saturated rings. The van der Waals surface area contributed by atoms with Gasteiger partial charge in [0.1, 0.15) is 11.6 Å². The summed E-state index contributed by atoms with van der Waals surface area (Å²) in [4.78, 5) is 6.51. The van der Waals surface area contributed by atoms with Gasteiger partial charge in [0.05, 0.1) is 11.4 Å². The van der Waals surface area contributed by atoms with E-state index in [0.29, 0.717) is 24.8 Å². The molecule has 0 aliphatic heterocycles. The average molecular weight is 287 g/mol. The van der Waals surface area contributed by atoms with Gasteiger partial charge in [-0.05, 0) is 31.2 Å². The lowest BCUT2D eigenvalue weighted by Crippen LogP contribution is -2.23. The molecule has 0 spiro atoms. The quantitative estimate of drug-likeness (QED) is 0.874. The van der Waals surface area contributed by atoms with Gasteiger partial charge in [-0.3, -0.25) is 0 Å². The number of hydrogen-bond donors (Lipinski definition) is 1. The molecule has 3 nitrogen and oxygen atoms in total. The van der Waals surface area contributed by atoms with Crippen molar-refractivity contribution in [1.82, 2.24) is 10.3 Å². The Morgan fingerprint density at radius 2 is 1.90 bits per heavy atom. The maximum absolute atomic E-state index is 14.0. The molecular weight excluding hydrogens is 265 g/mol. The zero-order valence-electron chi connectivity index (χ0n) is 12.8. The van der Waals surface area contributed by atoms with Gasteiger partial charge in [-0.2, -0.15) is 0 Å².